The largest absolute Gasteiger partial charge is 0.326 e. The van der Waals surface area contributed by atoms with E-state index in [2.05, 4.69) is 5.32 Å². The van der Waals surface area contributed by atoms with Crippen LogP contribution in [0.25, 0.3) is 0 Å². The summed E-state index contributed by atoms with van der Waals surface area (Å²) in [5.74, 6) is -0.696. The van der Waals surface area contributed by atoms with Gasteiger partial charge in [-0.05, 0) is 60.9 Å². The molecule has 0 saturated carbocycles. The first-order valence-electron chi connectivity index (χ1n) is 8.66. The summed E-state index contributed by atoms with van der Waals surface area (Å²) in [7, 11) is -1.94. The lowest BCUT2D eigenvalue weighted by Crippen LogP contribution is -2.20. The van der Waals surface area contributed by atoms with Crippen LogP contribution in [0.3, 0.4) is 0 Å². The van der Waals surface area contributed by atoms with E-state index >= 15 is 0 Å². The molecule has 0 aliphatic carbocycles. The molecule has 0 fully saturated rings. The van der Waals surface area contributed by atoms with E-state index in [1.165, 1.54) is 17.0 Å². The summed E-state index contributed by atoms with van der Waals surface area (Å²) in [4.78, 5) is 25.6. The van der Waals surface area contributed by atoms with Crippen molar-refractivity contribution in [1.82, 2.24) is 0 Å². The number of nitrogens with one attached hydrogen (secondary N) is 1. The third kappa shape index (κ3) is 4.19. The highest BCUT2D eigenvalue weighted by atomic mass is 32.2. The van der Waals surface area contributed by atoms with Crippen LogP contribution in [0.15, 0.2) is 41.3 Å². The van der Waals surface area contributed by atoms with Crippen LogP contribution in [0.5, 0.6) is 0 Å². The van der Waals surface area contributed by atoms with E-state index < -0.39 is 9.84 Å². The molecule has 1 heterocycles. The van der Waals surface area contributed by atoms with E-state index in [-0.39, 0.29) is 35.3 Å². The Morgan fingerprint density at radius 2 is 1.78 bits per heavy atom. The number of fused-ring (bicyclic) bond motifs is 1. The van der Waals surface area contributed by atoms with Crippen molar-refractivity contribution >= 4 is 33.0 Å². The number of likely N-dealkylation sites (N-methyl/N-ethyl adjacent to an activating group) is 1. The molecule has 1 N–H and O–H groups in total. The van der Waals surface area contributed by atoms with Gasteiger partial charge in [0.15, 0.2) is 9.84 Å². The van der Waals surface area contributed by atoms with Gasteiger partial charge in [-0.25, -0.2) is 8.42 Å². The molecule has 0 atom stereocenters. The van der Waals surface area contributed by atoms with Gasteiger partial charge in [0.05, 0.1) is 17.1 Å². The van der Waals surface area contributed by atoms with Crippen molar-refractivity contribution in [2.24, 2.45) is 0 Å². The van der Waals surface area contributed by atoms with E-state index in [1.807, 2.05) is 32.0 Å². The normalized spacial score (nSPS) is 13.6. The van der Waals surface area contributed by atoms with E-state index in [9.17, 15) is 18.0 Å². The Kier molecular flexibility index (Phi) is 5.06. The number of aryl methyl sites for hydroxylation is 2. The van der Waals surface area contributed by atoms with Crippen LogP contribution in [0.1, 0.15) is 23.1 Å². The highest BCUT2D eigenvalue weighted by molar-refractivity contribution is 7.91. The van der Waals surface area contributed by atoms with Crippen molar-refractivity contribution in [3.05, 3.63) is 53.1 Å². The first-order chi connectivity index (χ1) is 12.7. The molecule has 1 aliphatic rings. The SMILES string of the molecule is Cc1cc(C)cc(NC(=O)CCS(=O)(=O)c2ccc3c(c2)CC(=O)N3C)c1. The van der Waals surface area contributed by atoms with Crippen LogP contribution in [0.4, 0.5) is 11.4 Å². The second-order valence-corrected chi connectivity index (χ2v) is 9.02. The van der Waals surface area contributed by atoms with Crippen molar-refractivity contribution in [2.75, 3.05) is 23.0 Å². The maximum absolute atomic E-state index is 12.6. The van der Waals surface area contributed by atoms with Crippen molar-refractivity contribution in [3.8, 4) is 0 Å². The average Bonchev–Trinajstić information content (AvgIpc) is 2.86. The highest BCUT2D eigenvalue weighted by Crippen LogP contribution is 2.30. The maximum Gasteiger partial charge on any atom is 0.231 e. The van der Waals surface area contributed by atoms with Crippen molar-refractivity contribution < 1.29 is 18.0 Å². The summed E-state index contributed by atoms with van der Waals surface area (Å²) in [6.07, 6.45) is 0.0631. The van der Waals surface area contributed by atoms with Crippen LogP contribution < -0.4 is 10.2 Å². The molecule has 27 heavy (non-hydrogen) atoms. The number of sulfone groups is 1. The zero-order valence-corrected chi connectivity index (χ0v) is 16.4. The third-order valence-electron chi connectivity index (χ3n) is 4.59. The van der Waals surface area contributed by atoms with Gasteiger partial charge < -0.3 is 10.2 Å². The molecule has 0 spiro atoms. The first kappa shape index (κ1) is 19.1. The Balaban J connectivity index is 1.67. The molecule has 7 heteroatoms. The second kappa shape index (κ2) is 7.15. The Morgan fingerprint density at radius 1 is 1.11 bits per heavy atom. The number of anilines is 2. The number of nitrogens with zero attached hydrogens (tertiary/aromatic N) is 1. The van der Waals surface area contributed by atoms with Gasteiger partial charge in [-0.3, -0.25) is 9.59 Å². The molecule has 0 saturated heterocycles. The topological polar surface area (TPSA) is 83.5 Å². The van der Waals surface area contributed by atoms with Crippen LogP contribution in [-0.2, 0) is 25.8 Å². The number of hydrogen-bond acceptors (Lipinski definition) is 4. The predicted octanol–water partition coefficient (Wildman–Crippen LogP) is 2.62. The van der Waals surface area contributed by atoms with Gasteiger partial charge in [0, 0.05) is 24.8 Å². The van der Waals surface area contributed by atoms with Crippen LogP contribution >= 0.6 is 0 Å². The Labute approximate surface area is 159 Å². The highest BCUT2D eigenvalue weighted by Gasteiger charge is 2.26. The maximum atomic E-state index is 12.6. The van der Waals surface area contributed by atoms with Crippen molar-refractivity contribution in [3.63, 3.8) is 0 Å². The Bertz CT molecular complexity index is 1010. The molecule has 2 amide bonds. The molecular weight excluding hydrogens is 364 g/mol. The van der Waals surface area contributed by atoms with Gasteiger partial charge >= 0.3 is 0 Å². The molecular formula is C20H22N2O4S. The minimum absolute atomic E-state index is 0.0626. The molecule has 1 aliphatic heterocycles. The Morgan fingerprint density at radius 3 is 2.44 bits per heavy atom. The Hall–Kier alpha value is -2.67. The average molecular weight is 386 g/mol. The smallest absolute Gasteiger partial charge is 0.231 e. The summed E-state index contributed by atoms with van der Waals surface area (Å²) in [6.45, 7) is 3.87. The molecule has 2 aromatic rings. The molecule has 3 rings (SSSR count). The number of hydrogen-bond donors (Lipinski definition) is 1. The fraction of sp³-hybridized carbons (Fsp3) is 0.300. The summed E-state index contributed by atoms with van der Waals surface area (Å²) in [5, 5.41) is 2.75. The number of carbonyl (C=O) groups excluding carboxylic acids is 2. The van der Waals surface area contributed by atoms with E-state index in [0.29, 0.717) is 11.3 Å². The van der Waals surface area contributed by atoms with Crippen LogP contribution in [0, 0.1) is 13.8 Å². The number of benzene rings is 2. The molecule has 0 radical (unpaired) electrons. The van der Waals surface area contributed by atoms with Gasteiger partial charge in [-0.1, -0.05) is 6.07 Å². The van der Waals surface area contributed by atoms with Crippen molar-refractivity contribution in [2.45, 2.75) is 31.6 Å². The molecule has 0 bridgehead atoms. The fourth-order valence-corrected chi connectivity index (χ4v) is 4.54. The fourth-order valence-electron chi connectivity index (χ4n) is 3.26. The van der Waals surface area contributed by atoms with Gasteiger partial charge in [-0.2, -0.15) is 0 Å². The molecule has 0 unspecified atom stereocenters. The standard InChI is InChI=1S/C20H22N2O4S/c1-13-8-14(2)10-16(9-13)21-19(23)6-7-27(25,26)17-4-5-18-15(11-17)12-20(24)22(18)3/h4-5,8-11H,6-7,12H2,1-3H3,(H,21,23). The lowest BCUT2D eigenvalue weighted by Gasteiger charge is -2.11. The summed E-state index contributed by atoms with van der Waals surface area (Å²) in [5.41, 5.74) is 4.13. The first-order valence-corrected chi connectivity index (χ1v) is 10.3. The second-order valence-electron chi connectivity index (χ2n) is 6.91. The zero-order valence-electron chi connectivity index (χ0n) is 15.6. The molecule has 0 aromatic heterocycles. The summed E-state index contributed by atoms with van der Waals surface area (Å²) >= 11 is 0. The van der Waals surface area contributed by atoms with E-state index in [1.54, 1.807) is 13.1 Å². The van der Waals surface area contributed by atoms with Crippen LogP contribution in [-0.4, -0.2) is 33.0 Å². The number of amides is 2. The third-order valence-corrected chi connectivity index (χ3v) is 6.30. The lowest BCUT2D eigenvalue weighted by atomic mass is 10.1. The van der Waals surface area contributed by atoms with Gasteiger partial charge in [-0.15, -0.1) is 0 Å². The number of rotatable bonds is 5. The molecule has 2 aromatic carbocycles. The monoisotopic (exact) mass is 386 g/mol. The van der Waals surface area contributed by atoms with Crippen LogP contribution in [0.2, 0.25) is 0 Å². The number of carbonyl (C=O) groups is 2. The quantitative estimate of drug-likeness (QED) is 0.856. The minimum atomic E-state index is -3.61. The molecule has 6 nitrogen and oxygen atoms in total. The minimum Gasteiger partial charge on any atom is -0.326 e. The molecule has 142 valence electrons. The van der Waals surface area contributed by atoms with E-state index in [0.717, 1.165) is 16.8 Å². The zero-order chi connectivity index (χ0) is 19.8. The van der Waals surface area contributed by atoms with Gasteiger partial charge in [0.1, 0.15) is 0 Å². The summed E-state index contributed by atoms with van der Waals surface area (Å²) < 4.78 is 25.2. The predicted molar refractivity (Wildman–Crippen MR) is 105 cm³/mol. The van der Waals surface area contributed by atoms with Crippen molar-refractivity contribution in [1.29, 1.82) is 0 Å². The van der Waals surface area contributed by atoms with Gasteiger partial charge in [0.2, 0.25) is 11.8 Å². The summed E-state index contributed by atoms with van der Waals surface area (Å²) in [6, 6.07) is 10.3. The van der Waals surface area contributed by atoms with E-state index in [4.69, 9.17) is 0 Å². The lowest BCUT2D eigenvalue weighted by molar-refractivity contribution is -0.117. The van der Waals surface area contributed by atoms with Gasteiger partial charge in [0.25, 0.3) is 0 Å².